The minimum absolute atomic E-state index is 0.0553. The van der Waals surface area contributed by atoms with Crippen LogP contribution in [0, 0.1) is 13.8 Å². The van der Waals surface area contributed by atoms with E-state index in [1.54, 1.807) is 0 Å². The molecule has 2 unspecified atom stereocenters. The first kappa shape index (κ1) is 20.9. The molecule has 2 nitrogen and oxygen atoms in total. The van der Waals surface area contributed by atoms with Crippen molar-refractivity contribution in [2.45, 2.75) is 59.7 Å². The fourth-order valence-corrected chi connectivity index (χ4v) is 5.12. The van der Waals surface area contributed by atoms with Crippen molar-refractivity contribution in [1.29, 1.82) is 0 Å². The molecule has 2 atom stereocenters. The van der Waals surface area contributed by atoms with E-state index in [0.29, 0.717) is 14.3 Å². The highest BCUT2D eigenvalue weighted by Crippen LogP contribution is 2.48. The lowest BCUT2D eigenvalue weighted by Crippen LogP contribution is -2.27. The molecule has 0 aliphatic heterocycles. The summed E-state index contributed by atoms with van der Waals surface area (Å²) in [5.74, 6) is 0.461. The van der Waals surface area contributed by atoms with Crippen LogP contribution in [0.4, 0.5) is 0 Å². The normalized spacial score (nSPS) is 14.3. The number of para-hydroxylation sites is 1. The van der Waals surface area contributed by atoms with Gasteiger partial charge in [0.05, 0.1) is 0 Å². The third kappa shape index (κ3) is 4.48. The average molecular weight is 372 g/mol. The summed E-state index contributed by atoms with van der Waals surface area (Å²) in [4.78, 5) is 2.47. The quantitative estimate of drug-likeness (QED) is 0.621. The van der Waals surface area contributed by atoms with E-state index in [9.17, 15) is 5.11 Å². The number of aromatic hydroxyl groups is 1. The third-order valence-electron chi connectivity index (χ3n) is 5.59. The smallest absolute Gasteiger partial charge is 0.122 e. The van der Waals surface area contributed by atoms with Crippen LogP contribution in [0.1, 0.15) is 56.4 Å². The molecule has 26 heavy (non-hydrogen) atoms. The first-order valence-corrected chi connectivity index (χ1v) is 10.7. The predicted octanol–water partition coefficient (Wildman–Crippen LogP) is 5.48. The summed E-state index contributed by atoms with van der Waals surface area (Å²) in [6, 6.07) is 12.8. The van der Waals surface area contributed by atoms with E-state index in [0.717, 1.165) is 37.2 Å². The minimum atomic E-state index is -0.0553. The Morgan fingerprint density at radius 3 is 2.19 bits per heavy atom. The van der Waals surface area contributed by atoms with Crippen LogP contribution in [0.25, 0.3) is 0 Å². The average Bonchev–Trinajstić information content (AvgIpc) is 2.64. The molecule has 0 aliphatic carbocycles. The van der Waals surface area contributed by atoms with Crippen molar-refractivity contribution >= 4 is 13.9 Å². The molecule has 0 saturated heterocycles. The Labute approximate surface area is 161 Å². The molecule has 0 fully saturated rings. The summed E-state index contributed by atoms with van der Waals surface area (Å²) in [5, 5.41) is 12.1. The fourth-order valence-electron chi connectivity index (χ4n) is 3.45. The van der Waals surface area contributed by atoms with E-state index in [-0.39, 0.29) is 5.16 Å². The molecular formula is C23H34NOP. The molecule has 0 saturated carbocycles. The van der Waals surface area contributed by atoms with Gasteiger partial charge >= 0.3 is 0 Å². The summed E-state index contributed by atoms with van der Waals surface area (Å²) in [5.41, 5.74) is 4.83. The highest BCUT2D eigenvalue weighted by atomic mass is 31.1. The zero-order valence-corrected chi connectivity index (χ0v) is 18.2. The van der Waals surface area contributed by atoms with Gasteiger partial charge in [0.1, 0.15) is 5.75 Å². The summed E-state index contributed by atoms with van der Waals surface area (Å²) >= 11 is 0. The Morgan fingerprint density at radius 1 is 0.962 bits per heavy atom. The van der Waals surface area contributed by atoms with Crippen molar-refractivity contribution in [2.24, 2.45) is 0 Å². The molecule has 0 spiro atoms. The molecule has 0 aliphatic rings. The molecule has 1 N–H and O–H groups in total. The van der Waals surface area contributed by atoms with Gasteiger partial charge in [0.25, 0.3) is 0 Å². The summed E-state index contributed by atoms with van der Waals surface area (Å²) in [6.45, 7) is 16.3. The Bertz CT molecular complexity index is 739. The van der Waals surface area contributed by atoms with E-state index >= 15 is 0 Å². The number of benzene rings is 2. The molecule has 0 radical (unpaired) electrons. The highest BCUT2D eigenvalue weighted by molar-refractivity contribution is 7.48. The Morgan fingerprint density at radius 2 is 1.58 bits per heavy atom. The summed E-state index contributed by atoms with van der Waals surface area (Å²) < 4.78 is 0. The van der Waals surface area contributed by atoms with Gasteiger partial charge in [-0.1, -0.05) is 72.7 Å². The third-order valence-corrected chi connectivity index (χ3v) is 7.73. The minimum Gasteiger partial charge on any atom is -0.507 e. The van der Waals surface area contributed by atoms with Crippen LogP contribution in [-0.2, 0) is 11.7 Å². The molecule has 2 rings (SSSR count). The zero-order valence-electron chi connectivity index (χ0n) is 17.2. The number of nitrogens with zero attached hydrogens (tertiary/aromatic N) is 1. The van der Waals surface area contributed by atoms with E-state index in [4.69, 9.17) is 0 Å². The van der Waals surface area contributed by atoms with Gasteiger partial charge in [0, 0.05) is 17.3 Å². The molecule has 0 aromatic heterocycles. The number of phenols is 1. The second-order valence-electron chi connectivity index (χ2n) is 7.35. The largest absolute Gasteiger partial charge is 0.507 e. The van der Waals surface area contributed by atoms with Gasteiger partial charge in [-0.25, -0.2) is 0 Å². The van der Waals surface area contributed by atoms with Crippen molar-refractivity contribution < 1.29 is 5.11 Å². The van der Waals surface area contributed by atoms with Gasteiger partial charge in [0.2, 0.25) is 0 Å². The highest BCUT2D eigenvalue weighted by Gasteiger charge is 2.30. The van der Waals surface area contributed by atoms with Crippen molar-refractivity contribution in [3.8, 4) is 5.75 Å². The monoisotopic (exact) mass is 371 g/mol. The molecule has 0 heterocycles. The zero-order chi connectivity index (χ0) is 19.3. The van der Waals surface area contributed by atoms with Crippen molar-refractivity contribution in [3.05, 3.63) is 58.7 Å². The summed E-state index contributed by atoms with van der Waals surface area (Å²) in [7, 11) is 0.632. The number of aryl methyl sites for hydroxylation is 2. The molecule has 0 amide bonds. The van der Waals surface area contributed by atoms with E-state index < -0.39 is 0 Å². The molecule has 0 bridgehead atoms. The van der Waals surface area contributed by atoms with Crippen LogP contribution in [0.15, 0.2) is 36.4 Å². The Kier molecular flexibility index (Phi) is 7.26. The lowest BCUT2D eigenvalue weighted by molar-refractivity contribution is 0.296. The van der Waals surface area contributed by atoms with Gasteiger partial charge in [-0.3, -0.25) is 4.90 Å². The van der Waals surface area contributed by atoms with Crippen molar-refractivity contribution in [1.82, 2.24) is 4.90 Å². The maximum Gasteiger partial charge on any atom is 0.122 e. The SMILES string of the molecule is CCN(CC)Cc1cccc(C)c1PC(C)(CC)c1cccc(C)c1O. The first-order valence-electron chi connectivity index (χ1n) is 9.74. The van der Waals surface area contributed by atoms with Gasteiger partial charge in [0.15, 0.2) is 0 Å². The van der Waals surface area contributed by atoms with Crippen LogP contribution in [0.3, 0.4) is 0 Å². The molecule has 142 valence electrons. The van der Waals surface area contributed by atoms with E-state index in [2.05, 4.69) is 69.9 Å². The lowest BCUT2D eigenvalue weighted by Gasteiger charge is -2.32. The van der Waals surface area contributed by atoms with E-state index in [1.165, 1.54) is 16.4 Å². The summed E-state index contributed by atoms with van der Waals surface area (Å²) in [6.07, 6.45) is 1.00. The molecule has 2 aromatic carbocycles. The van der Waals surface area contributed by atoms with Gasteiger partial charge in [-0.05, 0) is 55.4 Å². The van der Waals surface area contributed by atoms with Crippen LogP contribution >= 0.6 is 8.58 Å². The lowest BCUT2D eigenvalue weighted by atomic mass is 9.94. The molecule has 2 aromatic rings. The second kappa shape index (κ2) is 9.02. The van der Waals surface area contributed by atoms with Gasteiger partial charge in [-0.2, -0.15) is 0 Å². The number of hydrogen-bond donors (Lipinski definition) is 1. The first-order chi connectivity index (χ1) is 12.4. The maximum absolute atomic E-state index is 10.7. The van der Waals surface area contributed by atoms with Crippen LogP contribution in [0.2, 0.25) is 0 Å². The molecular weight excluding hydrogens is 337 g/mol. The second-order valence-corrected chi connectivity index (χ2v) is 9.21. The Balaban J connectivity index is 2.46. The number of rotatable bonds is 8. The fraction of sp³-hybridized carbons (Fsp3) is 0.478. The van der Waals surface area contributed by atoms with Crippen LogP contribution in [-0.4, -0.2) is 23.1 Å². The van der Waals surface area contributed by atoms with Crippen molar-refractivity contribution in [3.63, 3.8) is 0 Å². The number of hydrogen-bond acceptors (Lipinski definition) is 2. The van der Waals surface area contributed by atoms with Crippen LogP contribution in [0.5, 0.6) is 5.75 Å². The Hall–Kier alpha value is -1.37. The van der Waals surface area contributed by atoms with Crippen molar-refractivity contribution in [2.75, 3.05) is 13.1 Å². The topological polar surface area (TPSA) is 23.5 Å². The maximum atomic E-state index is 10.7. The number of phenolic OH excluding ortho intramolecular Hbond substituents is 1. The standard InChI is InChI=1S/C23H34NOP/c1-7-23(6,20-15-11-12-17(4)21(20)25)26-22-18(5)13-10-14-19(22)16-24(8-2)9-3/h10-15,25-26H,7-9,16H2,1-6H3. The van der Waals surface area contributed by atoms with Crippen LogP contribution < -0.4 is 5.30 Å². The molecule has 3 heteroatoms. The predicted molar refractivity (Wildman–Crippen MR) is 116 cm³/mol. The van der Waals surface area contributed by atoms with Gasteiger partial charge < -0.3 is 5.11 Å². The van der Waals surface area contributed by atoms with E-state index in [1.807, 2.05) is 13.0 Å². The van der Waals surface area contributed by atoms with Gasteiger partial charge in [-0.15, -0.1) is 0 Å².